The molecule has 0 aliphatic rings. The molecular formula is C20H18ClN3O2. The van der Waals surface area contributed by atoms with E-state index in [0.29, 0.717) is 28.7 Å². The summed E-state index contributed by atoms with van der Waals surface area (Å²) >= 11 is 6.16. The van der Waals surface area contributed by atoms with Crippen LogP contribution in [-0.4, -0.2) is 18.0 Å². The summed E-state index contributed by atoms with van der Waals surface area (Å²) in [6.07, 6.45) is 1.59. The molecule has 0 spiro atoms. The summed E-state index contributed by atoms with van der Waals surface area (Å²) in [4.78, 5) is 16.6. The van der Waals surface area contributed by atoms with Gasteiger partial charge >= 0.3 is 0 Å². The highest BCUT2D eigenvalue weighted by atomic mass is 35.5. The second-order valence-electron chi connectivity index (χ2n) is 5.53. The quantitative estimate of drug-likeness (QED) is 0.668. The van der Waals surface area contributed by atoms with E-state index in [1.165, 1.54) is 0 Å². The SMILES string of the molecule is COc1ccccc1NC(=O)c1cc(NCc2ccccc2Cl)ccn1. The van der Waals surface area contributed by atoms with Crippen LogP contribution in [0.2, 0.25) is 5.02 Å². The Balaban J connectivity index is 1.70. The Morgan fingerprint density at radius 2 is 1.88 bits per heavy atom. The molecular weight excluding hydrogens is 350 g/mol. The Bertz CT molecular complexity index is 915. The van der Waals surface area contributed by atoms with E-state index < -0.39 is 0 Å². The number of benzene rings is 2. The van der Waals surface area contributed by atoms with Crippen LogP contribution in [0, 0.1) is 0 Å². The Morgan fingerprint density at radius 1 is 1.12 bits per heavy atom. The van der Waals surface area contributed by atoms with Gasteiger partial charge in [0.05, 0.1) is 12.8 Å². The highest BCUT2D eigenvalue weighted by Gasteiger charge is 2.11. The number of carbonyl (C=O) groups is 1. The number of aromatic nitrogens is 1. The fourth-order valence-corrected chi connectivity index (χ4v) is 2.64. The first-order valence-corrected chi connectivity index (χ1v) is 8.43. The number of methoxy groups -OCH3 is 1. The van der Waals surface area contributed by atoms with Gasteiger partial charge in [-0.05, 0) is 35.9 Å². The van der Waals surface area contributed by atoms with Gasteiger partial charge in [0.2, 0.25) is 0 Å². The molecule has 2 aromatic carbocycles. The van der Waals surface area contributed by atoms with Crippen molar-refractivity contribution in [3.05, 3.63) is 83.1 Å². The van der Waals surface area contributed by atoms with Gasteiger partial charge in [0.15, 0.2) is 0 Å². The molecule has 0 bridgehead atoms. The normalized spacial score (nSPS) is 10.2. The molecule has 6 heteroatoms. The third-order valence-corrected chi connectivity index (χ3v) is 4.16. The first kappa shape index (κ1) is 17.8. The predicted molar refractivity (Wildman–Crippen MR) is 104 cm³/mol. The Labute approximate surface area is 157 Å². The maximum absolute atomic E-state index is 12.5. The Morgan fingerprint density at radius 3 is 2.69 bits per heavy atom. The lowest BCUT2D eigenvalue weighted by Gasteiger charge is -2.11. The molecule has 0 fully saturated rings. The smallest absolute Gasteiger partial charge is 0.274 e. The second-order valence-corrected chi connectivity index (χ2v) is 5.94. The molecule has 0 atom stereocenters. The highest BCUT2D eigenvalue weighted by Crippen LogP contribution is 2.24. The summed E-state index contributed by atoms with van der Waals surface area (Å²) in [7, 11) is 1.56. The molecule has 0 saturated carbocycles. The van der Waals surface area contributed by atoms with Crippen molar-refractivity contribution < 1.29 is 9.53 Å². The van der Waals surface area contributed by atoms with Crippen LogP contribution in [0.3, 0.4) is 0 Å². The number of nitrogens with zero attached hydrogens (tertiary/aromatic N) is 1. The van der Waals surface area contributed by atoms with Crippen molar-refractivity contribution >= 4 is 28.9 Å². The van der Waals surface area contributed by atoms with Gasteiger partial charge in [0.25, 0.3) is 5.91 Å². The number of hydrogen-bond acceptors (Lipinski definition) is 4. The maximum atomic E-state index is 12.5. The predicted octanol–water partition coefficient (Wildman–Crippen LogP) is 4.61. The van der Waals surface area contributed by atoms with Gasteiger partial charge < -0.3 is 15.4 Å². The van der Waals surface area contributed by atoms with Crippen LogP contribution >= 0.6 is 11.6 Å². The van der Waals surface area contributed by atoms with Gasteiger partial charge in [-0.25, -0.2) is 0 Å². The molecule has 26 heavy (non-hydrogen) atoms. The fourth-order valence-electron chi connectivity index (χ4n) is 2.44. The molecule has 0 aliphatic heterocycles. The standard InChI is InChI=1S/C20H18ClN3O2/c1-26-19-9-5-4-8-17(19)24-20(25)18-12-15(10-11-22-18)23-13-14-6-2-3-7-16(14)21/h2-12H,13H2,1H3,(H,22,23)(H,24,25). The van der Waals surface area contributed by atoms with Gasteiger partial charge in [0.1, 0.15) is 11.4 Å². The van der Waals surface area contributed by atoms with E-state index in [0.717, 1.165) is 11.3 Å². The van der Waals surface area contributed by atoms with Crippen LogP contribution in [-0.2, 0) is 6.54 Å². The zero-order valence-corrected chi connectivity index (χ0v) is 15.0. The van der Waals surface area contributed by atoms with Crippen LogP contribution in [0.4, 0.5) is 11.4 Å². The zero-order valence-electron chi connectivity index (χ0n) is 14.2. The third-order valence-electron chi connectivity index (χ3n) is 3.79. The van der Waals surface area contributed by atoms with E-state index in [2.05, 4.69) is 15.6 Å². The Kier molecular flexibility index (Phi) is 5.71. The summed E-state index contributed by atoms with van der Waals surface area (Å²) in [6, 6.07) is 18.3. The van der Waals surface area contributed by atoms with E-state index in [4.69, 9.17) is 16.3 Å². The summed E-state index contributed by atoms with van der Waals surface area (Å²) in [6.45, 7) is 0.553. The van der Waals surface area contributed by atoms with Crippen molar-refractivity contribution in [1.29, 1.82) is 0 Å². The molecule has 1 amide bonds. The molecule has 1 heterocycles. The third kappa shape index (κ3) is 4.32. The van der Waals surface area contributed by atoms with Gasteiger partial charge in [-0.2, -0.15) is 0 Å². The minimum atomic E-state index is -0.309. The van der Waals surface area contributed by atoms with Crippen molar-refractivity contribution in [2.24, 2.45) is 0 Å². The highest BCUT2D eigenvalue weighted by molar-refractivity contribution is 6.31. The van der Waals surface area contributed by atoms with Crippen molar-refractivity contribution in [3.63, 3.8) is 0 Å². The van der Waals surface area contributed by atoms with Gasteiger partial charge in [-0.3, -0.25) is 9.78 Å². The largest absolute Gasteiger partial charge is 0.495 e. The molecule has 0 unspecified atom stereocenters. The zero-order chi connectivity index (χ0) is 18.4. The van der Waals surface area contributed by atoms with Crippen LogP contribution in [0.1, 0.15) is 16.1 Å². The van der Waals surface area contributed by atoms with Crippen LogP contribution in [0.15, 0.2) is 66.9 Å². The lowest BCUT2D eigenvalue weighted by atomic mass is 10.2. The average molecular weight is 368 g/mol. The van der Waals surface area contributed by atoms with E-state index in [1.807, 2.05) is 36.4 Å². The van der Waals surface area contributed by atoms with E-state index in [-0.39, 0.29) is 5.91 Å². The van der Waals surface area contributed by atoms with Crippen molar-refractivity contribution in [1.82, 2.24) is 4.98 Å². The molecule has 1 aromatic heterocycles. The number of halogens is 1. The van der Waals surface area contributed by atoms with Crippen LogP contribution in [0.25, 0.3) is 0 Å². The van der Waals surface area contributed by atoms with E-state index in [9.17, 15) is 4.79 Å². The number of anilines is 2. The summed E-state index contributed by atoms with van der Waals surface area (Å²) < 4.78 is 5.24. The topological polar surface area (TPSA) is 63.2 Å². The molecule has 5 nitrogen and oxygen atoms in total. The van der Waals surface area contributed by atoms with Crippen LogP contribution in [0.5, 0.6) is 5.75 Å². The van der Waals surface area contributed by atoms with E-state index >= 15 is 0 Å². The molecule has 3 rings (SSSR count). The van der Waals surface area contributed by atoms with Gasteiger partial charge in [-0.15, -0.1) is 0 Å². The van der Waals surface area contributed by atoms with Crippen molar-refractivity contribution in [3.8, 4) is 5.75 Å². The summed E-state index contributed by atoms with van der Waals surface area (Å²) in [5, 5.41) is 6.76. The first-order valence-electron chi connectivity index (χ1n) is 8.05. The number of para-hydroxylation sites is 2. The molecule has 0 aliphatic carbocycles. The van der Waals surface area contributed by atoms with Gasteiger partial charge in [0, 0.05) is 23.5 Å². The molecule has 2 N–H and O–H groups in total. The number of carbonyl (C=O) groups excluding carboxylic acids is 1. The fraction of sp³-hybridized carbons (Fsp3) is 0.100. The van der Waals surface area contributed by atoms with Crippen molar-refractivity contribution in [2.45, 2.75) is 6.54 Å². The number of nitrogens with one attached hydrogen (secondary N) is 2. The minimum absolute atomic E-state index is 0.306. The number of rotatable bonds is 6. The lowest BCUT2D eigenvalue weighted by molar-refractivity contribution is 0.102. The Hall–Kier alpha value is -3.05. The maximum Gasteiger partial charge on any atom is 0.274 e. The summed E-state index contributed by atoms with van der Waals surface area (Å²) in [5.41, 5.74) is 2.66. The number of pyridine rings is 1. The molecule has 0 saturated heterocycles. The second kappa shape index (κ2) is 8.36. The number of hydrogen-bond donors (Lipinski definition) is 2. The molecule has 3 aromatic rings. The lowest BCUT2D eigenvalue weighted by Crippen LogP contribution is -2.14. The van der Waals surface area contributed by atoms with Gasteiger partial charge in [-0.1, -0.05) is 41.9 Å². The van der Waals surface area contributed by atoms with E-state index in [1.54, 1.807) is 37.6 Å². The monoisotopic (exact) mass is 367 g/mol. The minimum Gasteiger partial charge on any atom is -0.495 e. The molecule has 132 valence electrons. The molecule has 0 radical (unpaired) electrons. The first-order chi connectivity index (χ1) is 12.7. The van der Waals surface area contributed by atoms with Crippen molar-refractivity contribution in [2.75, 3.05) is 17.7 Å². The number of ether oxygens (including phenoxy) is 1. The van der Waals surface area contributed by atoms with Crippen LogP contribution < -0.4 is 15.4 Å². The number of amides is 1. The summed E-state index contributed by atoms with van der Waals surface area (Å²) in [5.74, 6) is 0.282. The average Bonchev–Trinajstić information content (AvgIpc) is 2.68.